The summed E-state index contributed by atoms with van der Waals surface area (Å²) in [6.07, 6.45) is 0. The zero-order valence-electron chi connectivity index (χ0n) is 57.1. The molecule has 6 heteroatoms. The molecule has 0 atom stereocenters. The van der Waals surface area contributed by atoms with Crippen molar-refractivity contribution in [2.45, 2.75) is 0 Å². The summed E-state index contributed by atoms with van der Waals surface area (Å²) in [5.74, 6) is 0. The second kappa shape index (κ2) is 22.1. The number of para-hydroxylation sites is 3. The summed E-state index contributed by atoms with van der Waals surface area (Å²) < 4.78 is 15.2. The first-order valence-corrected chi connectivity index (χ1v) is 38.1. The number of thiophene rings is 2. The molecule has 4 nitrogen and oxygen atoms in total. The minimum absolute atomic E-state index is 1.13. The number of nitrogens with zero attached hydrogens (tertiary/aromatic N) is 4. The van der Waals surface area contributed by atoms with E-state index < -0.39 is 0 Å². The Morgan fingerprint density at radius 2 is 0.481 bits per heavy atom. The fourth-order valence-electron chi connectivity index (χ4n) is 18.5. The van der Waals surface area contributed by atoms with Crippen LogP contribution >= 0.6 is 22.7 Å². The lowest BCUT2D eigenvalue weighted by Crippen LogP contribution is -1.95. The molecule has 18 aromatic carbocycles. The molecule has 24 rings (SSSR count). The van der Waals surface area contributed by atoms with Crippen LogP contribution in [0.15, 0.2) is 352 Å². The van der Waals surface area contributed by atoms with E-state index in [1.807, 2.05) is 22.7 Å². The highest BCUT2D eigenvalue weighted by atomic mass is 32.1. The lowest BCUT2D eigenvalue weighted by Gasteiger charge is -2.13. The second-order valence-electron chi connectivity index (χ2n) is 28.5. The maximum absolute atomic E-state index is 2.55. The van der Waals surface area contributed by atoms with Gasteiger partial charge in [-0.1, -0.05) is 261 Å². The van der Waals surface area contributed by atoms with Gasteiger partial charge in [0.15, 0.2) is 0 Å². The van der Waals surface area contributed by atoms with Crippen LogP contribution in [0.1, 0.15) is 0 Å². The normalized spacial score (nSPS) is 12.3. The molecule has 0 spiro atoms. The molecule has 0 radical (unpaired) electrons. The predicted molar refractivity (Wildman–Crippen MR) is 456 cm³/mol. The van der Waals surface area contributed by atoms with Crippen LogP contribution in [0.5, 0.6) is 0 Å². The first-order chi connectivity index (χ1) is 52.6. The van der Waals surface area contributed by atoms with Crippen molar-refractivity contribution < 1.29 is 0 Å². The molecule has 0 bridgehead atoms. The van der Waals surface area contributed by atoms with E-state index in [9.17, 15) is 0 Å². The van der Waals surface area contributed by atoms with Crippen molar-refractivity contribution in [1.29, 1.82) is 0 Å². The molecule has 6 aromatic heterocycles. The Kier molecular flexibility index (Phi) is 12.1. The number of aromatic nitrogens is 4. The fourth-order valence-corrected chi connectivity index (χ4v) is 21.3. The molecular weight excluding hydrogens is 1320 g/mol. The molecule has 6 heterocycles. The van der Waals surface area contributed by atoms with Gasteiger partial charge < -0.3 is 18.3 Å². The maximum atomic E-state index is 2.55. The fraction of sp³-hybridized carbons (Fsp3) is 0. The lowest BCUT2D eigenvalue weighted by atomic mass is 9.94. The minimum atomic E-state index is 1.13. The van der Waals surface area contributed by atoms with Gasteiger partial charge in [0.05, 0.1) is 55.5 Å². The van der Waals surface area contributed by atoms with Crippen LogP contribution < -0.4 is 0 Å². The van der Waals surface area contributed by atoms with Crippen molar-refractivity contribution in [3.05, 3.63) is 352 Å². The van der Waals surface area contributed by atoms with Crippen molar-refractivity contribution in [2.24, 2.45) is 0 Å². The topological polar surface area (TPSA) is 19.7 Å². The van der Waals surface area contributed by atoms with E-state index in [-0.39, 0.29) is 0 Å². The standard InChI is InChI=1S/C100H58N4S2/c1-4-24-69-59(17-1)20-13-30-70(69)63-39-44-67(45-40-63)101-85-32-10-7-27-78(85)93-88(101)53-49-74-75-50-54-89-94(98(75)105-97(74)93)79-28-8-11-33-86(79)102(89)68-46-41-64(42-47-68)71-31-14-21-62-37-38-65(57-82(62)71)66-43-48-81-92(58-66)104(84-36-16-23-61-19-3-6-26-73(61)84)91-56-52-77-76-51-55-90-95(99(76)106-100(77)96(81)91)80-29-9-12-34-87(80)103(90)83-35-15-22-60-18-2-5-25-72(60)83/h1-58H. The summed E-state index contributed by atoms with van der Waals surface area (Å²) in [6.45, 7) is 0. The van der Waals surface area contributed by atoms with Crippen LogP contribution in [0, 0.1) is 0 Å². The quantitative estimate of drug-likeness (QED) is 0.152. The third-order valence-corrected chi connectivity index (χ3v) is 25.7. The average Bonchev–Trinajstić information content (AvgIpc) is 1.55. The molecule has 0 aliphatic rings. The van der Waals surface area contributed by atoms with E-state index in [1.54, 1.807) is 0 Å². The van der Waals surface area contributed by atoms with Gasteiger partial charge in [-0.15, -0.1) is 22.7 Å². The van der Waals surface area contributed by atoms with Gasteiger partial charge >= 0.3 is 0 Å². The monoisotopic (exact) mass is 1380 g/mol. The summed E-state index contributed by atoms with van der Waals surface area (Å²) in [7, 11) is 0. The lowest BCUT2D eigenvalue weighted by molar-refractivity contribution is 1.18. The highest BCUT2D eigenvalue weighted by molar-refractivity contribution is 7.28. The molecule has 0 fully saturated rings. The Balaban J connectivity index is 0.624. The third-order valence-electron chi connectivity index (χ3n) is 23.1. The largest absolute Gasteiger partial charge is 0.309 e. The predicted octanol–water partition coefficient (Wildman–Crippen LogP) is 28.4. The van der Waals surface area contributed by atoms with Gasteiger partial charge in [0, 0.05) is 106 Å². The summed E-state index contributed by atoms with van der Waals surface area (Å²) in [6, 6.07) is 132. The van der Waals surface area contributed by atoms with Crippen molar-refractivity contribution in [3.63, 3.8) is 0 Å². The van der Waals surface area contributed by atoms with Crippen molar-refractivity contribution >= 4 is 193 Å². The van der Waals surface area contributed by atoms with Gasteiger partial charge in [0.25, 0.3) is 0 Å². The Morgan fingerprint density at radius 1 is 0.170 bits per heavy atom. The SMILES string of the molecule is c1ccc2c(-c3ccc(-n4c5ccccc5c5c6sc7c(ccc8c7c7ccccc7n8-c7ccc(-c8cccc9ccc(-c%10ccc%11c%12c%13sc%14c(ccc%15c%14c%14ccccc%14n%15-c%14cccc%15ccccc%14%15)c%13ccc%12n(-c%12cccc%13ccccc%12%13)c%11c%10)cc89)cc7)c6ccc54)cc3)cccc2c1. The van der Waals surface area contributed by atoms with Crippen molar-refractivity contribution in [2.75, 3.05) is 0 Å². The van der Waals surface area contributed by atoms with E-state index in [1.165, 1.54) is 215 Å². The highest BCUT2D eigenvalue weighted by Crippen LogP contribution is 2.52. The second-order valence-corrected chi connectivity index (χ2v) is 30.6. The summed E-state index contributed by atoms with van der Waals surface area (Å²) >= 11 is 3.89. The first kappa shape index (κ1) is 58.2. The van der Waals surface area contributed by atoms with E-state index in [2.05, 4.69) is 370 Å². The van der Waals surface area contributed by atoms with E-state index in [4.69, 9.17) is 0 Å². The van der Waals surface area contributed by atoms with E-state index in [0.717, 1.165) is 11.4 Å². The van der Waals surface area contributed by atoms with Crippen molar-refractivity contribution in [3.8, 4) is 56.1 Å². The van der Waals surface area contributed by atoms with Gasteiger partial charge in [-0.2, -0.15) is 0 Å². The Labute approximate surface area is 615 Å². The van der Waals surface area contributed by atoms with Gasteiger partial charge in [-0.25, -0.2) is 0 Å². The molecule has 0 saturated carbocycles. The number of rotatable bonds is 7. The van der Waals surface area contributed by atoms with Crippen LogP contribution in [-0.4, -0.2) is 18.3 Å². The minimum Gasteiger partial charge on any atom is -0.309 e. The summed E-state index contributed by atoms with van der Waals surface area (Å²) in [4.78, 5) is 0. The summed E-state index contributed by atoms with van der Waals surface area (Å²) in [5.41, 5.74) is 21.5. The Hall–Kier alpha value is -13.4. The van der Waals surface area contributed by atoms with Gasteiger partial charge in [-0.05, 0) is 157 Å². The number of hydrogen-bond donors (Lipinski definition) is 0. The Morgan fingerprint density at radius 3 is 0.953 bits per heavy atom. The van der Waals surface area contributed by atoms with Gasteiger partial charge in [0.2, 0.25) is 0 Å². The van der Waals surface area contributed by atoms with Crippen molar-refractivity contribution in [1.82, 2.24) is 18.3 Å². The van der Waals surface area contributed by atoms with E-state index in [0.29, 0.717) is 0 Å². The summed E-state index contributed by atoms with van der Waals surface area (Å²) in [5, 5.41) is 25.3. The van der Waals surface area contributed by atoms with Crippen LogP contribution in [0.4, 0.5) is 0 Å². The third kappa shape index (κ3) is 8.17. The smallest absolute Gasteiger partial charge is 0.0556 e. The molecule has 0 unspecified atom stereocenters. The molecule has 490 valence electrons. The molecular formula is C100H58N4S2. The molecule has 0 aliphatic heterocycles. The van der Waals surface area contributed by atoms with E-state index >= 15 is 0 Å². The number of fused-ring (bicyclic) bond motifs is 26. The van der Waals surface area contributed by atoms with Crippen LogP contribution in [0.3, 0.4) is 0 Å². The molecule has 106 heavy (non-hydrogen) atoms. The van der Waals surface area contributed by atoms with Crippen LogP contribution in [0.25, 0.3) is 227 Å². The number of benzene rings is 18. The highest BCUT2D eigenvalue weighted by Gasteiger charge is 2.26. The van der Waals surface area contributed by atoms with Crippen LogP contribution in [0.2, 0.25) is 0 Å². The molecule has 24 aromatic rings. The molecule has 0 amide bonds. The Bertz CT molecular complexity index is 7930. The maximum Gasteiger partial charge on any atom is 0.0556 e. The van der Waals surface area contributed by atoms with Gasteiger partial charge in [-0.3, -0.25) is 0 Å². The number of hydrogen-bond acceptors (Lipinski definition) is 2. The molecule has 0 saturated heterocycles. The molecule has 0 aliphatic carbocycles. The van der Waals surface area contributed by atoms with Crippen LogP contribution in [-0.2, 0) is 0 Å². The first-order valence-electron chi connectivity index (χ1n) is 36.5. The zero-order chi connectivity index (χ0) is 69.0. The average molecular weight is 1380 g/mol. The van der Waals surface area contributed by atoms with Gasteiger partial charge in [0.1, 0.15) is 0 Å². The molecule has 0 N–H and O–H groups in total. The zero-order valence-corrected chi connectivity index (χ0v) is 58.7.